The number of nitrogens with zero attached hydrogens (tertiary/aromatic N) is 5. The Morgan fingerprint density at radius 1 is 1.33 bits per heavy atom. The summed E-state index contributed by atoms with van der Waals surface area (Å²) in [6.07, 6.45) is 4.87. The first-order valence-corrected chi connectivity index (χ1v) is 8.69. The summed E-state index contributed by atoms with van der Waals surface area (Å²) in [4.78, 5) is 15.3. The molecule has 132 valence electrons. The first kappa shape index (κ1) is 16.9. The Hall–Kier alpha value is -1.93. The predicted molar refractivity (Wildman–Crippen MR) is 91.9 cm³/mol. The van der Waals surface area contributed by atoms with E-state index in [2.05, 4.69) is 33.7 Å². The molecular formula is C16H26N6O2. The average Bonchev–Trinajstić information content (AvgIpc) is 3.04. The number of aromatic nitrogens is 4. The van der Waals surface area contributed by atoms with Crippen LogP contribution >= 0.6 is 0 Å². The molecule has 2 aromatic rings. The van der Waals surface area contributed by atoms with Crippen molar-refractivity contribution >= 4 is 17.0 Å². The molecule has 1 atom stereocenters. The smallest absolute Gasteiger partial charge is 0.320 e. The Morgan fingerprint density at radius 2 is 2.17 bits per heavy atom. The molecule has 0 radical (unpaired) electrons. The largest absolute Gasteiger partial charge is 0.462 e. The molecule has 24 heavy (non-hydrogen) atoms. The van der Waals surface area contributed by atoms with Crippen LogP contribution in [0.5, 0.6) is 6.01 Å². The number of likely N-dealkylation sites (N-methyl/N-ethyl adjacent to an activating group) is 1. The zero-order valence-electron chi connectivity index (χ0n) is 14.4. The number of rotatable bonds is 7. The van der Waals surface area contributed by atoms with Gasteiger partial charge in [0.1, 0.15) is 12.8 Å². The lowest BCUT2D eigenvalue weighted by molar-refractivity contribution is -0.0298. The maximum Gasteiger partial charge on any atom is 0.320 e. The van der Waals surface area contributed by atoms with E-state index in [-0.39, 0.29) is 6.23 Å². The molecule has 3 heterocycles. The average molecular weight is 334 g/mol. The number of fused-ring (bicyclic) bond motifs is 1. The van der Waals surface area contributed by atoms with E-state index < -0.39 is 0 Å². The Morgan fingerprint density at radius 3 is 2.88 bits per heavy atom. The molecule has 8 nitrogen and oxygen atoms in total. The molecule has 0 bridgehead atoms. The number of ether oxygens (including phenoxy) is 2. The maximum absolute atomic E-state index is 6.03. The number of nitrogens with two attached hydrogens (primary N) is 1. The third kappa shape index (κ3) is 3.59. The molecule has 0 aromatic carbocycles. The van der Waals surface area contributed by atoms with E-state index in [0.717, 1.165) is 45.5 Å². The van der Waals surface area contributed by atoms with Gasteiger partial charge >= 0.3 is 6.01 Å². The zero-order chi connectivity index (χ0) is 16.9. The van der Waals surface area contributed by atoms with Gasteiger partial charge in [-0.2, -0.15) is 9.97 Å². The summed E-state index contributed by atoms with van der Waals surface area (Å²) in [5.74, 6) is 0.340. The molecule has 0 aliphatic carbocycles. The Kier molecular flexibility index (Phi) is 5.47. The second-order valence-corrected chi connectivity index (χ2v) is 5.91. The minimum Gasteiger partial charge on any atom is -0.462 e. The third-order valence-corrected chi connectivity index (χ3v) is 4.43. The van der Waals surface area contributed by atoms with Crippen molar-refractivity contribution in [3.05, 3.63) is 6.33 Å². The van der Waals surface area contributed by atoms with E-state index in [1.807, 2.05) is 4.57 Å². The summed E-state index contributed by atoms with van der Waals surface area (Å²) < 4.78 is 13.5. The van der Waals surface area contributed by atoms with Crippen molar-refractivity contribution < 1.29 is 9.47 Å². The van der Waals surface area contributed by atoms with Crippen LogP contribution < -0.4 is 10.5 Å². The van der Waals surface area contributed by atoms with Crippen LogP contribution in [0, 0.1) is 0 Å². The summed E-state index contributed by atoms with van der Waals surface area (Å²) in [5, 5.41) is 0. The van der Waals surface area contributed by atoms with Crippen molar-refractivity contribution in [2.45, 2.75) is 39.3 Å². The first-order chi connectivity index (χ1) is 11.7. The van der Waals surface area contributed by atoms with E-state index in [4.69, 9.17) is 15.2 Å². The number of nitrogen functional groups attached to an aromatic ring is 1. The molecule has 1 saturated heterocycles. The van der Waals surface area contributed by atoms with Gasteiger partial charge in [-0.3, -0.25) is 4.57 Å². The van der Waals surface area contributed by atoms with Gasteiger partial charge in [-0.1, -0.05) is 13.8 Å². The second kappa shape index (κ2) is 7.76. The van der Waals surface area contributed by atoms with Gasteiger partial charge in [-0.25, -0.2) is 4.98 Å². The summed E-state index contributed by atoms with van der Waals surface area (Å²) in [6.45, 7) is 8.37. The molecule has 1 unspecified atom stereocenters. The van der Waals surface area contributed by atoms with Gasteiger partial charge in [0.05, 0.1) is 6.33 Å². The highest BCUT2D eigenvalue weighted by atomic mass is 16.5. The lowest BCUT2D eigenvalue weighted by Gasteiger charge is -2.23. The van der Waals surface area contributed by atoms with Crippen LogP contribution in [-0.4, -0.2) is 57.3 Å². The number of hydrogen-bond acceptors (Lipinski definition) is 7. The van der Waals surface area contributed by atoms with E-state index in [9.17, 15) is 0 Å². The molecule has 1 aliphatic rings. The monoisotopic (exact) mass is 334 g/mol. The van der Waals surface area contributed by atoms with Gasteiger partial charge in [0.25, 0.3) is 0 Å². The Bertz CT molecular complexity index is 664. The molecule has 0 saturated carbocycles. The highest BCUT2D eigenvalue weighted by Crippen LogP contribution is 2.27. The van der Waals surface area contributed by atoms with Gasteiger partial charge < -0.3 is 20.1 Å². The van der Waals surface area contributed by atoms with Crippen LogP contribution in [0.2, 0.25) is 0 Å². The fourth-order valence-corrected chi connectivity index (χ4v) is 2.94. The number of hydrogen-bond donors (Lipinski definition) is 1. The van der Waals surface area contributed by atoms with Gasteiger partial charge in [-0.15, -0.1) is 0 Å². The lowest BCUT2D eigenvalue weighted by Crippen LogP contribution is -2.28. The van der Waals surface area contributed by atoms with Crippen molar-refractivity contribution in [3.63, 3.8) is 0 Å². The van der Waals surface area contributed by atoms with Crippen LogP contribution in [0.4, 0.5) is 5.82 Å². The summed E-state index contributed by atoms with van der Waals surface area (Å²) in [5.41, 5.74) is 7.30. The first-order valence-electron chi connectivity index (χ1n) is 8.69. The zero-order valence-corrected chi connectivity index (χ0v) is 14.4. The molecule has 1 aliphatic heterocycles. The number of anilines is 1. The Labute approximate surface area is 142 Å². The normalized spacial score (nSPS) is 18.4. The van der Waals surface area contributed by atoms with Crippen molar-refractivity contribution in [2.24, 2.45) is 0 Å². The second-order valence-electron chi connectivity index (χ2n) is 5.91. The SMILES string of the molecule is CCN(CC)CCOc1nc(N)c2ncn(C3CCCCO3)c2n1. The number of imidazole rings is 1. The Balaban J connectivity index is 1.77. The quantitative estimate of drug-likeness (QED) is 0.826. The summed E-state index contributed by atoms with van der Waals surface area (Å²) in [6, 6.07) is 0.296. The van der Waals surface area contributed by atoms with Crippen molar-refractivity contribution in [3.8, 4) is 6.01 Å². The molecule has 0 amide bonds. The van der Waals surface area contributed by atoms with Crippen molar-refractivity contribution in [2.75, 3.05) is 38.6 Å². The predicted octanol–water partition coefficient (Wildman–Crippen LogP) is 1.83. The van der Waals surface area contributed by atoms with E-state index in [0.29, 0.717) is 29.6 Å². The van der Waals surface area contributed by atoms with Crippen LogP contribution in [0.25, 0.3) is 11.2 Å². The van der Waals surface area contributed by atoms with Crippen LogP contribution in [0.3, 0.4) is 0 Å². The lowest BCUT2D eigenvalue weighted by atomic mass is 10.2. The molecule has 2 aromatic heterocycles. The standard InChI is InChI=1S/C16H26N6O2/c1-3-21(4-2)8-10-24-16-19-14(17)13-15(20-16)22(11-18-13)12-7-5-6-9-23-12/h11-12H,3-10H2,1-2H3,(H2,17,19,20). The third-order valence-electron chi connectivity index (χ3n) is 4.43. The highest BCUT2D eigenvalue weighted by Gasteiger charge is 2.20. The van der Waals surface area contributed by atoms with Gasteiger partial charge in [0, 0.05) is 13.2 Å². The van der Waals surface area contributed by atoms with E-state index in [1.54, 1.807) is 6.33 Å². The van der Waals surface area contributed by atoms with Crippen molar-refractivity contribution in [1.29, 1.82) is 0 Å². The molecule has 1 fully saturated rings. The van der Waals surface area contributed by atoms with Crippen LogP contribution in [0.1, 0.15) is 39.3 Å². The molecule has 2 N–H and O–H groups in total. The van der Waals surface area contributed by atoms with Gasteiger partial charge in [0.15, 0.2) is 17.0 Å². The summed E-state index contributed by atoms with van der Waals surface area (Å²) in [7, 11) is 0. The van der Waals surface area contributed by atoms with Crippen LogP contribution in [-0.2, 0) is 4.74 Å². The fourth-order valence-electron chi connectivity index (χ4n) is 2.94. The van der Waals surface area contributed by atoms with Crippen LogP contribution in [0.15, 0.2) is 6.33 Å². The fraction of sp³-hybridized carbons (Fsp3) is 0.688. The molecular weight excluding hydrogens is 308 g/mol. The molecule has 3 rings (SSSR count). The maximum atomic E-state index is 6.03. The highest BCUT2D eigenvalue weighted by molar-refractivity contribution is 5.81. The molecule has 0 spiro atoms. The minimum atomic E-state index is -0.0402. The van der Waals surface area contributed by atoms with Crippen molar-refractivity contribution in [1.82, 2.24) is 24.4 Å². The summed E-state index contributed by atoms with van der Waals surface area (Å²) >= 11 is 0. The van der Waals surface area contributed by atoms with E-state index >= 15 is 0 Å². The molecule has 8 heteroatoms. The van der Waals surface area contributed by atoms with E-state index in [1.165, 1.54) is 0 Å². The minimum absolute atomic E-state index is 0.0402. The topological polar surface area (TPSA) is 91.3 Å². The van der Waals surface area contributed by atoms with Gasteiger partial charge in [-0.05, 0) is 32.4 Å². The van der Waals surface area contributed by atoms with Gasteiger partial charge in [0.2, 0.25) is 0 Å².